The Morgan fingerprint density at radius 3 is 2.36 bits per heavy atom. The first kappa shape index (κ1) is 11.0. The summed E-state index contributed by atoms with van der Waals surface area (Å²) in [5.74, 6) is 0. The Hall–Kier alpha value is -1.04. The van der Waals surface area contributed by atoms with Crippen molar-refractivity contribution in [2.24, 2.45) is 0 Å². The lowest BCUT2D eigenvalue weighted by molar-refractivity contribution is 0.760. The predicted octanol–water partition coefficient (Wildman–Crippen LogP) is 4.37. The number of hydrogen-bond acceptors (Lipinski definition) is 0. The molecule has 0 amide bonds. The molecular weight excluding hydrogens is 168 g/mol. The Bertz CT molecular complexity index is 228. The van der Waals surface area contributed by atoms with E-state index >= 15 is 0 Å². The summed E-state index contributed by atoms with van der Waals surface area (Å²) in [5, 5.41) is 0. The first-order valence-electron chi connectivity index (χ1n) is 5.54. The van der Waals surface area contributed by atoms with Gasteiger partial charge < -0.3 is 0 Å². The quantitative estimate of drug-likeness (QED) is 0.494. The van der Waals surface area contributed by atoms with Crippen molar-refractivity contribution in [3.63, 3.8) is 0 Å². The lowest BCUT2D eigenvalue weighted by atomic mass is 10.1. The van der Waals surface area contributed by atoms with Gasteiger partial charge >= 0.3 is 0 Å². The third-order valence-corrected chi connectivity index (χ3v) is 2.20. The Labute approximate surface area is 87.7 Å². The molecule has 1 radical (unpaired) electrons. The van der Waals surface area contributed by atoms with Crippen LogP contribution in [0.15, 0.2) is 42.5 Å². The van der Waals surface area contributed by atoms with Crippen molar-refractivity contribution < 1.29 is 0 Å². The van der Waals surface area contributed by atoms with Gasteiger partial charge in [0.05, 0.1) is 0 Å². The third kappa shape index (κ3) is 6.47. The number of allylic oxidation sites excluding steroid dienone is 8. The predicted molar refractivity (Wildman–Crippen MR) is 62.9 cm³/mol. The lowest BCUT2D eigenvalue weighted by Gasteiger charge is -1.93. The first-order valence-corrected chi connectivity index (χ1v) is 5.54. The minimum Gasteiger partial charge on any atom is -0.0885 e. The van der Waals surface area contributed by atoms with E-state index in [0.29, 0.717) is 0 Å². The van der Waals surface area contributed by atoms with E-state index in [4.69, 9.17) is 0 Å². The van der Waals surface area contributed by atoms with E-state index in [1.165, 1.54) is 25.7 Å². The molecule has 0 spiro atoms. The molecule has 0 N–H and O–H groups in total. The third-order valence-electron chi connectivity index (χ3n) is 2.20. The highest BCUT2D eigenvalue weighted by Crippen LogP contribution is 2.03. The topological polar surface area (TPSA) is 0 Å². The van der Waals surface area contributed by atoms with E-state index in [1.54, 1.807) is 0 Å². The second-order valence-corrected chi connectivity index (χ2v) is 3.50. The van der Waals surface area contributed by atoms with Gasteiger partial charge in [0.25, 0.3) is 0 Å². The molecule has 0 saturated heterocycles. The highest BCUT2D eigenvalue weighted by Gasteiger charge is 1.83. The van der Waals surface area contributed by atoms with Crippen LogP contribution in [0.3, 0.4) is 0 Å². The van der Waals surface area contributed by atoms with E-state index in [9.17, 15) is 0 Å². The van der Waals surface area contributed by atoms with E-state index in [0.717, 1.165) is 12.8 Å². The Kier molecular flexibility index (Phi) is 6.74. The zero-order valence-corrected chi connectivity index (χ0v) is 8.78. The fourth-order valence-corrected chi connectivity index (χ4v) is 1.38. The molecule has 1 aliphatic carbocycles. The molecule has 0 aromatic heterocycles. The summed E-state index contributed by atoms with van der Waals surface area (Å²) in [6.45, 7) is 0. The molecule has 0 heterocycles. The minimum absolute atomic E-state index is 1.13. The van der Waals surface area contributed by atoms with Crippen LogP contribution in [0.2, 0.25) is 0 Å². The summed E-state index contributed by atoms with van der Waals surface area (Å²) in [6, 6.07) is 0. The summed E-state index contributed by atoms with van der Waals surface area (Å²) in [6.07, 6.45) is 25.5. The molecule has 0 aliphatic heterocycles. The summed E-state index contributed by atoms with van der Waals surface area (Å²) in [5.41, 5.74) is 0. The Morgan fingerprint density at radius 1 is 0.714 bits per heavy atom. The summed E-state index contributed by atoms with van der Waals surface area (Å²) < 4.78 is 0. The maximum atomic E-state index is 3.12. The van der Waals surface area contributed by atoms with Crippen molar-refractivity contribution >= 4 is 0 Å². The van der Waals surface area contributed by atoms with Crippen LogP contribution in [-0.2, 0) is 0 Å². The molecule has 0 nitrogen and oxygen atoms in total. The fourth-order valence-electron chi connectivity index (χ4n) is 1.38. The monoisotopic (exact) mass is 187 g/mol. The fraction of sp³-hybridized carbons (Fsp3) is 0.429. The molecule has 0 fully saturated rings. The van der Waals surface area contributed by atoms with Crippen molar-refractivity contribution in [3.05, 3.63) is 48.6 Å². The molecule has 0 bridgehead atoms. The van der Waals surface area contributed by atoms with Gasteiger partial charge in [0.1, 0.15) is 0 Å². The Morgan fingerprint density at radius 2 is 1.43 bits per heavy atom. The standard InChI is InChI=1S/C14H19/c1-2-4-6-8-10-12-14-13-11-9-7-5-3-1/h1-3,7,9,12,14H,4,6,8,10-11,13H2. The van der Waals surface area contributed by atoms with Crippen molar-refractivity contribution in [2.75, 3.05) is 0 Å². The SMILES string of the molecule is [C]1=CC=CCCCCC=CCCC=C1. The normalized spacial score (nSPS) is 19.4. The smallest absolute Gasteiger partial charge is 0.0187 e. The van der Waals surface area contributed by atoms with Gasteiger partial charge in [-0.2, -0.15) is 0 Å². The largest absolute Gasteiger partial charge is 0.0885 e. The van der Waals surface area contributed by atoms with E-state index in [1.807, 2.05) is 12.2 Å². The van der Waals surface area contributed by atoms with Gasteiger partial charge in [-0.1, -0.05) is 42.5 Å². The van der Waals surface area contributed by atoms with Gasteiger partial charge in [0.2, 0.25) is 0 Å². The maximum absolute atomic E-state index is 3.12. The molecule has 0 heteroatoms. The highest BCUT2D eigenvalue weighted by molar-refractivity contribution is 5.06. The molecule has 0 aromatic rings. The van der Waals surface area contributed by atoms with Crippen LogP contribution in [0, 0.1) is 6.08 Å². The zero-order chi connectivity index (χ0) is 9.90. The zero-order valence-electron chi connectivity index (χ0n) is 8.78. The van der Waals surface area contributed by atoms with Crippen molar-refractivity contribution in [3.8, 4) is 0 Å². The second kappa shape index (κ2) is 8.55. The molecule has 14 heavy (non-hydrogen) atoms. The molecule has 0 atom stereocenters. The van der Waals surface area contributed by atoms with Crippen LogP contribution < -0.4 is 0 Å². The molecule has 0 saturated carbocycles. The van der Waals surface area contributed by atoms with Crippen molar-refractivity contribution in [1.29, 1.82) is 0 Å². The van der Waals surface area contributed by atoms with Gasteiger partial charge in [-0.05, 0) is 44.6 Å². The van der Waals surface area contributed by atoms with Crippen LogP contribution in [0.5, 0.6) is 0 Å². The van der Waals surface area contributed by atoms with Crippen LogP contribution in [0.4, 0.5) is 0 Å². The van der Waals surface area contributed by atoms with Crippen LogP contribution in [0.25, 0.3) is 0 Å². The van der Waals surface area contributed by atoms with Crippen molar-refractivity contribution in [2.45, 2.75) is 38.5 Å². The molecular formula is C14H19. The Balaban J connectivity index is 2.35. The van der Waals surface area contributed by atoms with Crippen LogP contribution in [0.1, 0.15) is 38.5 Å². The summed E-state index contributed by atoms with van der Waals surface area (Å²) in [7, 11) is 0. The number of rotatable bonds is 0. The molecule has 0 aromatic carbocycles. The van der Waals surface area contributed by atoms with Crippen LogP contribution >= 0.6 is 0 Å². The van der Waals surface area contributed by atoms with E-state index < -0.39 is 0 Å². The lowest BCUT2D eigenvalue weighted by Crippen LogP contribution is -1.73. The van der Waals surface area contributed by atoms with E-state index in [2.05, 4.69) is 36.5 Å². The average molecular weight is 187 g/mol. The van der Waals surface area contributed by atoms with Crippen molar-refractivity contribution in [1.82, 2.24) is 0 Å². The van der Waals surface area contributed by atoms with Gasteiger partial charge in [-0.15, -0.1) is 0 Å². The number of hydrogen-bond donors (Lipinski definition) is 0. The van der Waals surface area contributed by atoms with Gasteiger partial charge in [-0.25, -0.2) is 0 Å². The maximum Gasteiger partial charge on any atom is -0.0187 e. The molecule has 1 rings (SSSR count). The minimum atomic E-state index is 1.13. The highest BCUT2D eigenvalue weighted by atomic mass is 13.9. The molecule has 75 valence electrons. The summed E-state index contributed by atoms with van der Waals surface area (Å²) in [4.78, 5) is 0. The average Bonchev–Trinajstić information content (AvgIpc) is 2.22. The van der Waals surface area contributed by atoms with Gasteiger partial charge in [0, 0.05) is 0 Å². The first-order chi connectivity index (χ1) is 7.00. The van der Waals surface area contributed by atoms with E-state index in [-0.39, 0.29) is 0 Å². The van der Waals surface area contributed by atoms with Gasteiger partial charge in [0.15, 0.2) is 0 Å². The second-order valence-electron chi connectivity index (χ2n) is 3.50. The molecule has 1 aliphatic rings. The summed E-state index contributed by atoms with van der Waals surface area (Å²) >= 11 is 0. The van der Waals surface area contributed by atoms with Crippen LogP contribution in [-0.4, -0.2) is 0 Å². The van der Waals surface area contributed by atoms with Gasteiger partial charge in [-0.3, -0.25) is 0 Å². The molecule has 0 unspecified atom stereocenters.